The van der Waals surface area contributed by atoms with Crippen LogP contribution in [0.3, 0.4) is 0 Å². The zero-order chi connectivity index (χ0) is 9.97. The van der Waals surface area contributed by atoms with Crippen molar-refractivity contribution < 1.29 is 14.3 Å². The van der Waals surface area contributed by atoms with E-state index in [2.05, 4.69) is 10.2 Å². The zero-order valence-corrected chi connectivity index (χ0v) is 7.04. The number of rotatable bonds is 2. The maximum absolute atomic E-state index is 10.4. The molecule has 0 aliphatic rings. The summed E-state index contributed by atoms with van der Waals surface area (Å²) < 4.78 is 4.91. The van der Waals surface area contributed by atoms with Crippen molar-refractivity contribution in [2.45, 2.75) is 0 Å². The van der Waals surface area contributed by atoms with Gasteiger partial charge in [0.05, 0.1) is 0 Å². The Morgan fingerprint density at radius 3 is 2.40 bits per heavy atom. The number of nitrogens with zero attached hydrogens (tertiary/aromatic N) is 2. The standard InChI is InChI=1S/C9H6N2O3.Li.H/c12-9(13)8-11-10-7(14-8)6-4-2-1-3-5-6;;/h1-5H,(H,12,13);;. The van der Waals surface area contributed by atoms with E-state index in [0.29, 0.717) is 5.56 Å². The third-order valence-corrected chi connectivity index (χ3v) is 1.63. The average molecular weight is 198 g/mol. The molecule has 0 aliphatic heterocycles. The maximum atomic E-state index is 10.4. The fourth-order valence-electron chi connectivity index (χ4n) is 1.01. The van der Waals surface area contributed by atoms with Crippen molar-refractivity contribution in [1.82, 2.24) is 10.2 Å². The molecule has 0 spiro atoms. The van der Waals surface area contributed by atoms with E-state index in [1.54, 1.807) is 24.3 Å². The second kappa shape index (κ2) is 4.78. The molecule has 2 aromatic rings. The van der Waals surface area contributed by atoms with Gasteiger partial charge in [-0.1, -0.05) is 18.2 Å². The van der Waals surface area contributed by atoms with Gasteiger partial charge in [-0.2, -0.15) is 0 Å². The molecule has 1 N–H and O–H groups in total. The summed E-state index contributed by atoms with van der Waals surface area (Å²) in [6.45, 7) is 0. The van der Waals surface area contributed by atoms with Crippen molar-refractivity contribution in [3.63, 3.8) is 0 Å². The third kappa shape index (κ3) is 2.46. The van der Waals surface area contributed by atoms with Gasteiger partial charge in [-0.25, -0.2) is 4.79 Å². The first-order valence-electron chi connectivity index (χ1n) is 3.89. The average Bonchev–Trinajstić information content (AvgIpc) is 2.68. The molecule has 6 heteroatoms. The van der Waals surface area contributed by atoms with Crippen LogP contribution in [0.1, 0.15) is 10.7 Å². The predicted molar refractivity (Wildman–Crippen MR) is 53.8 cm³/mol. The fraction of sp³-hybridized carbons (Fsp3) is 0. The van der Waals surface area contributed by atoms with Crippen LogP contribution in [0.2, 0.25) is 0 Å². The van der Waals surface area contributed by atoms with Gasteiger partial charge in [0, 0.05) is 5.56 Å². The van der Waals surface area contributed by atoms with Gasteiger partial charge in [0.25, 0.3) is 0 Å². The van der Waals surface area contributed by atoms with Gasteiger partial charge >= 0.3 is 30.7 Å². The van der Waals surface area contributed by atoms with Gasteiger partial charge in [0.2, 0.25) is 5.89 Å². The molecule has 0 aliphatic carbocycles. The molecule has 1 aromatic carbocycles. The Balaban J connectivity index is 0.00000112. The van der Waals surface area contributed by atoms with Crippen LogP contribution in [-0.2, 0) is 0 Å². The van der Waals surface area contributed by atoms with E-state index in [1.807, 2.05) is 6.07 Å². The number of benzene rings is 1. The van der Waals surface area contributed by atoms with E-state index in [1.165, 1.54) is 0 Å². The summed E-state index contributed by atoms with van der Waals surface area (Å²) in [5, 5.41) is 15.5. The molecule has 0 unspecified atom stereocenters. The van der Waals surface area contributed by atoms with Gasteiger partial charge in [0.1, 0.15) is 0 Å². The summed E-state index contributed by atoms with van der Waals surface area (Å²) in [6.07, 6.45) is 0. The molecule has 0 radical (unpaired) electrons. The van der Waals surface area contributed by atoms with E-state index in [0.717, 1.165) is 0 Å². The summed E-state index contributed by atoms with van der Waals surface area (Å²) in [6, 6.07) is 8.98. The Kier molecular flexibility index (Phi) is 3.66. The van der Waals surface area contributed by atoms with Gasteiger partial charge in [-0.05, 0) is 12.1 Å². The zero-order valence-electron chi connectivity index (χ0n) is 7.04. The van der Waals surface area contributed by atoms with Crippen LogP contribution >= 0.6 is 0 Å². The molecule has 0 atom stereocenters. The van der Waals surface area contributed by atoms with Crippen LogP contribution in [0.15, 0.2) is 34.7 Å². The summed E-state index contributed by atoms with van der Waals surface area (Å²) in [5.41, 5.74) is 0.701. The number of aromatic carboxylic acids is 1. The molecule has 1 heterocycles. The molecule has 0 saturated carbocycles. The monoisotopic (exact) mass is 198 g/mol. The van der Waals surface area contributed by atoms with E-state index >= 15 is 0 Å². The van der Waals surface area contributed by atoms with Crippen LogP contribution in [0, 0.1) is 0 Å². The summed E-state index contributed by atoms with van der Waals surface area (Å²) in [4.78, 5) is 10.4. The second-order valence-corrected chi connectivity index (χ2v) is 2.58. The molecule has 1 aromatic heterocycles. The van der Waals surface area contributed by atoms with Gasteiger partial charge in [-0.3, -0.25) is 0 Å². The van der Waals surface area contributed by atoms with E-state index in [4.69, 9.17) is 9.52 Å². The van der Waals surface area contributed by atoms with Crippen molar-refractivity contribution in [2.24, 2.45) is 0 Å². The Hall–Kier alpha value is -1.57. The molecule has 0 fully saturated rings. The molecule has 15 heavy (non-hydrogen) atoms. The summed E-state index contributed by atoms with van der Waals surface area (Å²) in [5.74, 6) is -1.41. The van der Waals surface area contributed by atoms with E-state index < -0.39 is 11.9 Å². The predicted octanol–water partition coefficient (Wildman–Crippen LogP) is 0.786. The first-order chi connectivity index (χ1) is 6.77. The third-order valence-electron chi connectivity index (χ3n) is 1.63. The molecular weight excluding hydrogens is 191 g/mol. The molecule has 0 amide bonds. The van der Waals surface area contributed by atoms with Gasteiger partial charge in [0.15, 0.2) is 0 Å². The normalized spacial score (nSPS) is 9.33. The Morgan fingerprint density at radius 2 is 1.87 bits per heavy atom. The van der Waals surface area contributed by atoms with E-state index in [-0.39, 0.29) is 24.8 Å². The first-order valence-corrected chi connectivity index (χ1v) is 3.89. The van der Waals surface area contributed by atoms with Crippen LogP contribution in [-0.4, -0.2) is 40.1 Å². The van der Waals surface area contributed by atoms with Crippen LogP contribution in [0.4, 0.5) is 0 Å². The van der Waals surface area contributed by atoms with Crippen molar-refractivity contribution in [2.75, 3.05) is 0 Å². The quantitative estimate of drug-likeness (QED) is 0.721. The molecule has 2 rings (SSSR count). The number of carboxylic acid groups (broad SMARTS) is 1. The van der Waals surface area contributed by atoms with Gasteiger partial charge < -0.3 is 9.52 Å². The Morgan fingerprint density at radius 1 is 1.20 bits per heavy atom. The molecule has 0 bridgehead atoms. The minimum absolute atomic E-state index is 0. The minimum atomic E-state index is -1.22. The van der Waals surface area contributed by atoms with Crippen molar-refractivity contribution in [1.29, 1.82) is 0 Å². The number of hydrogen-bond acceptors (Lipinski definition) is 4. The topological polar surface area (TPSA) is 76.2 Å². The number of aromatic nitrogens is 2. The second-order valence-electron chi connectivity index (χ2n) is 2.58. The van der Waals surface area contributed by atoms with Crippen molar-refractivity contribution in [3.05, 3.63) is 36.2 Å². The number of hydrogen-bond donors (Lipinski definition) is 1. The molecular formula is C9H7LiN2O3. The molecule has 5 nitrogen and oxygen atoms in total. The van der Waals surface area contributed by atoms with Crippen LogP contribution in [0.5, 0.6) is 0 Å². The Labute approximate surface area is 97.3 Å². The van der Waals surface area contributed by atoms with Crippen molar-refractivity contribution >= 4 is 24.8 Å². The SMILES string of the molecule is O=C(O)c1nnc(-c2ccccc2)o1.[LiH]. The Bertz CT molecular complexity index is 455. The van der Waals surface area contributed by atoms with Crippen molar-refractivity contribution in [3.8, 4) is 11.5 Å². The number of carbonyl (C=O) groups is 1. The van der Waals surface area contributed by atoms with Crippen LogP contribution in [0.25, 0.3) is 11.5 Å². The summed E-state index contributed by atoms with van der Waals surface area (Å²) in [7, 11) is 0. The van der Waals surface area contributed by atoms with Crippen LogP contribution < -0.4 is 0 Å². The summed E-state index contributed by atoms with van der Waals surface area (Å²) >= 11 is 0. The first kappa shape index (κ1) is 11.5. The molecule has 0 saturated heterocycles. The fourth-order valence-corrected chi connectivity index (χ4v) is 1.01. The van der Waals surface area contributed by atoms with Gasteiger partial charge in [-0.15, -0.1) is 10.2 Å². The molecule has 72 valence electrons. The van der Waals surface area contributed by atoms with E-state index in [9.17, 15) is 4.79 Å². The number of carboxylic acids is 1.